The van der Waals surface area contributed by atoms with Gasteiger partial charge < -0.3 is 10.1 Å². The van der Waals surface area contributed by atoms with Gasteiger partial charge in [-0.25, -0.2) is 13.4 Å². The summed E-state index contributed by atoms with van der Waals surface area (Å²) in [5.41, 5.74) is 1.53. The van der Waals surface area contributed by atoms with Gasteiger partial charge >= 0.3 is 0 Å². The van der Waals surface area contributed by atoms with Crippen molar-refractivity contribution >= 4 is 21.6 Å². The maximum Gasteiger partial charge on any atom is 0.265 e. The molecule has 1 N–H and O–H groups in total. The highest BCUT2D eigenvalue weighted by Gasteiger charge is 2.36. The quantitative estimate of drug-likeness (QED) is 0.533. The molecule has 1 amide bonds. The van der Waals surface area contributed by atoms with E-state index >= 15 is 0 Å². The van der Waals surface area contributed by atoms with E-state index in [0.717, 1.165) is 4.31 Å². The number of carbonyl (C=O) groups is 1. The number of nitrogens with zero attached hydrogens (tertiary/aromatic N) is 3. The molecular formula is C23H26N4O4S. The van der Waals surface area contributed by atoms with Crippen LogP contribution in [0, 0.1) is 6.92 Å². The largest absolute Gasteiger partial charge is 0.481 e. The molecule has 0 fully saturated rings. The van der Waals surface area contributed by atoms with Crippen molar-refractivity contribution in [2.75, 3.05) is 11.4 Å². The van der Waals surface area contributed by atoms with Crippen LogP contribution in [0.2, 0.25) is 0 Å². The van der Waals surface area contributed by atoms with Crippen LogP contribution in [-0.4, -0.2) is 37.4 Å². The van der Waals surface area contributed by atoms with Crippen LogP contribution in [-0.2, 0) is 21.4 Å². The van der Waals surface area contributed by atoms with Gasteiger partial charge in [0.2, 0.25) is 11.8 Å². The first-order valence-electron chi connectivity index (χ1n) is 10.2. The molecule has 2 aromatic heterocycles. The highest BCUT2D eigenvalue weighted by Crippen LogP contribution is 2.29. The number of nitrogens with one attached hydrogen (secondary N) is 1. The van der Waals surface area contributed by atoms with Gasteiger partial charge in [-0.3, -0.25) is 14.1 Å². The Morgan fingerprint density at radius 1 is 1.09 bits per heavy atom. The predicted octanol–water partition coefficient (Wildman–Crippen LogP) is 3.08. The Labute approximate surface area is 188 Å². The molecule has 0 aliphatic carbocycles. The van der Waals surface area contributed by atoms with Crippen molar-refractivity contribution in [3.8, 4) is 5.88 Å². The predicted molar refractivity (Wildman–Crippen MR) is 122 cm³/mol. The van der Waals surface area contributed by atoms with Crippen LogP contribution >= 0.6 is 0 Å². The molecule has 9 heteroatoms. The van der Waals surface area contributed by atoms with Crippen LogP contribution in [0.15, 0.2) is 71.9 Å². The normalized spacial score (nSPS) is 12.1. The molecule has 1 aromatic carbocycles. The Bertz CT molecular complexity index is 1150. The van der Waals surface area contributed by atoms with Crippen LogP contribution in [0.5, 0.6) is 5.88 Å². The Morgan fingerprint density at radius 3 is 2.44 bits per heavy atom. The number of sulfonamides is 1. The van der Waals surface area contributed by atoms with Crippen molar-refractivity contribution < 1.29 is 17.9 Å². The Morgan fingerprint density at radius 2 is 1.84 bits per heavy atom. The SMILES string of the molecule is CCC(C(=O)NCc1ccccn1)N(c1ccc(OC)nc1)S(=O)(=O)c1ccccc1C. The number of pyridine rings is 2. The lowest BCUT2D eigenvalue weighted by molar-refractivity contribution is -0.122. The zero-order chi connectivity index (χ0) is 23.1. The van der Waals surface area contributed by atoms with Crippen molar-refractivity contribution in [3.05, 3.63) is 78.2 Å². The number of anilines is 1. The van der Waals surface area contributed by atoms with E-state index in [0.29, 0.717) is 17.1 Å². The van der Waals surface area contributed by atoms with Crippen LogP contribution in [0.25, 0.3) is 0 Å². The second-order valence-electron chi connectivity index (χ2n) is 7.09. The van der Waals surface area contributed by atoms with Gasteiger partial charge in [0.25, 0.3) is 10.0 Å². The minimum absolute atomic E-state index is 0.131. The van der Waals surface area contributed by atoms with Crippen molar-refractivity contribution in [2.45, 2.75) is 37.8 Å². The fraction of sp³-hybridized carbons (Fsp3) is 0.261. The third kappa shape index (κ3) is 5.05. The van der Waals surface area contributed by atoms with Crippen LogP contribution in [0.1, 0.15) is 24.6 Å². The summed E-state index contributed by atoms with van der Waals surface area (Å²) in [5.74, 6) is -0.0826. The third-order valence-corrected chi connectivity index (χ3v) is 6.95. The summed E-state index contributed by atoms with van der Waals surface area (Å²) in [6.07, 6.45) is 3.28. The summed E-state index contributed by atoms with van der Waals surface area (Å²) >= 11 is 0. The number of ether oxygens (including phenoxy) is 1. The maximum atomic E-state index is 13.8. The molecule has 3 rings (SSSR count). The minimum Gasteiger partial charge on any atom is -0.481 e. The summed E-state index contributed by atoms with van der Waals surface area (Å²) < 4.78 is 33.8. The van der Waals surface area contributed by atoms with E-state index in [1.165, 1.54) is 19.4 Å². The van der Waals surface area contributed by atoms with Crippen molar-refractivity contribution in [3.63, 3.8) is 0 Å². The monoisotopic (exact) mass is 454 g/mol. The van der Waals surface area contributed by atoms with Gasteiger partial charge in [0, 0.05) is 12.3 Å². The van der Waals surface area contributed by atoms with Crippen LogP contribution in [0.3, 0.4) is 0 Å². The van der Waals surface area contributed by atoms with E-state index in [9.17, 15) is 13.2 Å². The van der Waals surface area contributed by atoms with E-state index in [2.05, 4.69) is 15.3 Å². The van der Waals surface area contributed by atoms with Crippen molar-refractivity contribution in [1.29, 1.82) is 0 Å². The van der Waals surface area contributed by atoms with E-state index in [1.54, 1.807) is 62.5 Å². The molecule has 1 atom stereocenters. The number of amides is 1. The van der Waals surface area contributed by atoms with Gasteiger partial charge in [-0.2, -0.15) is 0 Å². The lowest BCUT2D eigenvalue weighted by atomic mass is 10.2. The van der Waals surface area contributed by atoms with Crippen molar-refractivity contribution in [2.24, 2.45) is 0 Å². The number of benzene rings is 1. The van der Waals surface area contributed by atoms with E-state index in [-0.39, 0.29) is 23.5 Å². The summed E-state index contributed by atoms with van der Waals surface area (Å²) in [6, 6.07) is 14.2. The lowest BCUT2D eigenvalue weighted by Gasteiger charge is -2.31. The number of methoxy groups -OCH3 is 1. The summed E-state index contributed by atoms with van der Waals surface area (Å²) in [5, 5.41) is 2.81. The molecule has 168 valence electrons. The van der Waals surface area contributed by atoms with E-state index < -0.39 is 22.0 Å². The lowest BCUT2D eigenvalue weighted by Crippen LogP contribution is -2.49. The van der Waals surface area contributed by atoms with Gasteiger partial charge in [-0.05, 0) is 43.2 Å². The first kappa shape index (κ1) is 23.2. The summed E-state index contributed by atoms with van der Waals surface area (Å²) in [7, 11) is -2.59. The molecule has 0 radical (unpaired) electrons. The first-order chi connectivity index (χ1) is 15.4. The van der Waals surface area contributed by atoms with E-state index in [4.69, 9.17) is 4.74 Å². The fourth-order valence-electron chi connectivity index (χ4n) is 3.32. The number of aryl methyl sites for hydroxylation is 1. The Hall–Kier alpha value is -3.46. The van der Waals surface area contributed by atoms with Gasteiger partial charge in [-0.15, -0.1) is 0 Å². The highest BCUT2D eigenvalue weighted by molar-refractivity contribution is 7.93. The molecule has 0 aliphatic heterocycles. The number of aromatic nitrogens is 2. The maximum absolute atomic E-state index is 13.8. The average molecular weight is 455 g/mol. The molecule has 1 unspecified atom stereocenters. The van der Waals surface area contributed by atoms with Gasteiger partial charge in [-0.1, -0.05) is 31.2 Å². The highest BCUT2D eigenvalue weighted by atomic mass is 32.2. The number of hydrogen-bond acceptors (Lipinski definition) is 6. The molecule has 0 spiro atoms. The number of rotatable bonds is 9. The zero-order valence-corrected chi connectivity index (χ0v) is 19.0. The molecule has 0 aliphatic rings. The van der Waals surface area contributed by atoms with Gasteiger partial charge in [0.1, 0.15) is 6.04 Å². The van der Waals surface area contributed by atoms with Gasteiger partial charge in [0.05, 0.1) is 36.1 Å². The topological polar surface area (TPSA) is 101 Å². The zero-order valence-electron chi connectivity index (χ0n) is 18.2. The summed E-state index contributed by atoms with van der Waals surface area (Å²) in [6.45, 7) is 3.68. The van der Waals surface area contributed by atoms with Gasteiger partial charge in [0.15, 0.2) is 0 Å². The molecule has 0 bridgehead atoms. The molecule has 3 aromatic rings. The Kier molecular flexibility index (Phi) is 7.42. The molecule has 2 heterocycles. The molecule has 32 heavy (non-hydrogen) atoms. The van der Waals surface area contributed by atoms with Crippen molar-refractivity contribution in [1.82, 2.24) is 15.3 Å². The molecular weight excluding hydrogens is 428 g/mol. The average Bonchev–Trinajstić information content (AvgIpc) is 2.81. The number of carbonyl (C=O) groups excluding carboxylic acids is 1. The minimum atomic E-state index is -4.07. The van der Waals surface area contributed by atoms with E-state index in [1.807, 2.05) is 6.07 Å². The molecule has 0 saturated carbocycles. The van der Waals surface area contributed by atoms with Crippen LogP contribution < -0.4 is 14.4 Å². The molecule has 0 saturated heterocycles. The number of hydrogen-bond donors (Lipinski definition) is 1. The molecule has 8 nitrogen and oxygen atoms in total. The summed E-state index contributed by atoms with van der Waals surface area (Å²) in [4.78, 5) is 21.6. The fourth-order valence-corrected chi connectivity index (χ4v) is 5.22. The second-order valence-corrected chi connectivity index (χ2v) is 8.87. The third-order valence-electron chi connectivity index (χ3n) is 4.96. The van der Waals surface area contributed by atoms with Crippen LogP contribution in [0.4, 0.5) is 5.69 Å². The smallest absolute Gasteiger partial charge is 0.265 e. The first-order valence-corrected chi connectivity index (χ1v) is 11.6. The second kappa shape index (κ2) is 10.2. The Balaban J connectivity index is 2.01. The standard InChI is InChI=1S/C23H26N4O4S/c1-4-20(23(28)26-15-18-10-7-8-14-24-18)27(19-12-13-22(31-3)25-16-19)32(29,30)21-11-6-5-9-17(21)2/h5-14,16,20H,4,15H2,1-3H3,(H,26,28).